The Kier molecular flexibility index (Phi) is 5.27. The lowest BCUT2D eigenvalue weighted by Gasteiger charge is -2.18. The van der Waals surface area contributed by atoms with Crippen LogP contribution in [0.2, 0.25) is 0 Å². The smallest absolute Gasteiger partial charge is 0.136 e. The molecule has 0 radical (unpaired) electrons. The van der Waals surface area contributed by atoms with Crippen molar-refractivity contribution >= 4 is 54.3 Å². The van der Waals surface area contributed by atoms with E-state index in [2.05, 4.69) is 146 Å². The monoisotopic (exact) mass is 546 g/mol. The van der Waals surface area contributed by atoms with Gasteiger partial charge in [-0.15, -0.1) is 0 Å². The fourth-order valence-electron chi connectivity index (χ4n) is 6.86. The van der Waals surface area contributed by atoms with Crippen molar-refractivity contribution < 1.29 is 4.42 Å². The molecular weight excluding hydrogens is 520 g/mol. The Morgan fingerprint density at radius 3 is 1.56 bits per heavy atom. The highest BCUT2D eigenvalue weighted by Gasteiger charge is 2.17. The average Bonchev–Trinajstić information content (AvgIpc) is 3.43. The van der Waals surface area contributed by atoms with Crippen LogP contribution in [0.15, 0.2) is 162 Å². The van der Waals surface area contributed by atoms with E-state index in [1.807, 2.05) is 12.1 Å². The topological polar surface area (TPSA) is 13.1 Å². The summed E-state index contributed by atoms with van der Waals surface area (Å²) in [5, 5.41) is 9.79. The Labute approximate surface area is 249 Å². The molecule has 1 aromatic heterocycles. The van der Waals surface area contributed by atoms with Crippen LogP contribution < -0.4 is 0 Å². The van der Waals surface area contributed by atoms with Crippen LogP contribution in [0.3, 0.4) is 0 Å². The van der Waals surface area contributed by atoms with Gasteiger partial charge < -0.3 is 4.42 Å². The molecule has 0 aliphatic carbocycles. The average molecular weight is 547 g/mol. The van der Waals surface area contributed by atoms with E-state index in [-0.39, 0.29) is 0 Å². The highest BCUT2D eigenvalue weighted by molar-refractivity contribution is 6.21. The van der Waals surface area contributed by atoms with Crippen LogP contribution in [0.1, 0.15) is 0 Å². The second kappa shape index (κ2) is 9.44. The maximum atomic E-state index is 6.15. The molecule has 43 heavy (non-hydrogen) atoms. The van der Waals surface area contributed by atoms with Crippen molar-refractivity contribution in [2.75, 3.05) is 0 Å². The molecular formula is C42H26O. The molecule has 1 heteroatoms. The number of rotatable bonds is 3. The zero-order valence-corrected chi connectivity index (χ0v) is 23.4. The van der Waals surface area contributed by atoms with Gasteiger partial charge in [0, 0.05) is 10.8 Å². The van der Waals surface area contributed by atoms with E-state index in [0.717, 1.165) is 21.9 Å². The summed E-state index contributed by atoms with van der Waals surface area (Å²) in [6.07, 6.45) is 0. The van der Waals surface area contributed by atoms with Gasteiger partial charge in [-0.05, 0) is 96.0 Å². The van der Waals surface area contributed by atoms with Crippen LogP contribution in [-0.4, -0.2) is 0 Å². The van der Waals surface area contributed by atoms with Crippen molar-refractivity contribution in [3.05, 3.63) is 158 Å². The van der Waals surface area contributed by atoms with Crippen molar-refractivity contribution in [2.24, 2.45) is 0 Å². The van der Waals surface area contributed by atoms with Gasteiger partial charge in [-0.25, -0.2) is 0 Å². The zero-order valence-electron chi connectivity index (χ0n) is 23.4. The maximum Gasteiger partial charge on any atom is 0.136 e. The highest BCUT2D eigenvalue weighted by Crippen LogP contribution is 2.44. The lowest BCUT2D eigenvalue weighted by molar-refractivity contribution is 0.669. The number of para-hydroxylation sites is 1. The molecule has 1 heterocycles. The third kappa shape index (κ3) is 3.79. The summed E-state index contributed by atoms with van der Waals surface area (Å²) in [7, 11) is 0. The van der Waals surface area contributed by atoms with Crippen molar-refractivity contribution in [1.29, 1.82) is 0 Å². The van der Waals surface area contributed by atoms with E-state index in [0.29, 0.717) is 0 Å². The van der Waals surface area contributed by atoms with Crippen molar-refractivity contribution in [3.8, 4) is 33.4 Å². The Morgan fingerprint density at radius 1 is 0.279 bits per heavy atom. The standard InChI is InChI=1S/C42H26O/c1-2-11-27(12-3-1)41-34-16-4-6-18-36(34)42(37-19-7-5-17-35(37)41)31-14-10-13-28(23-31)29-21-22-30-26-40-38(25-32(30)24-29)33-15-8-9-20-39(33)43-40/h1-26H. The van der Waals surface area contributed by atoms with Gasteiger partial charge in [-0.3, -0.25) is 0 Å². The molecule has 9 aromatic rings. The third-order valence-electron chi connectivity index (χ3n) is 8.81. The largest absolute Gasteiger partial charge is 0.456 e. The van der Waals surface area contributed by atoms with Crippen LogP contribution >= 0.6 is 0 Å². The molecule has 0 N–H and O–H groups in total. The van der Waals surface area contributed by atoms with Gasteiger partial charge >= 0.3 is 0 Å². The fourth-order valence-corrected chi connectivity index (χ4v) is 6.86. The summed E-state index contributed by atoms with van der Waals surface area (Å²) in [4.78, 5) is 0. The molecule has 9 rings (SSSR count). The predicted octanol–water partition coefficient (Wildman–Crippen LogP) is 12.0. The predicted molar refractivity (Wildman–Crippen MR) is 183 cm³/mol. The summed E-state index contributed by atoms with van der Waals surface area (Å²) in [5.41, 5.74) is 9.30. The second-order valence-electron chi connectivity index (χ2n) is 11.3. The van der Waals surface area contributed by atoms with Crippen molar-refractivity contribution in [1.82, 2.24) is 0 Å². The number of hydrogen-bond donors (Lipinski definition) is 0. The first-order valence-electron chi connectivity index (χ1n) is 14.8. The van der Waals surface area contributed by atoms with E-state index in [1.54, 1.807) is 0 Å². The molecule has 0 saturated heterocycles. The molecule has 1 nitrogen and oxygen atoms in total. The van der Waals surface area contributed by atoms with Gasteiger partial charge in [-0.2, -0.15) is 0 Å². The molecule has 0 saturated carbocycles. The molecule has 0 aliphatic rings. The minimum absolute atomic E-state index is 0.929. The number of furan rings is 1. The van der Waals surface area contributed by atoms with E-state index in [4.69, 9.17) is 4.42 Å². The number of benzene rings is 8. The number of fused-ring (bicyclic) bond motifs is 6. The van der Waals surface area contributed by atoms with Gasteiger partial charge in [0.25, 0.3) is 0 Å². The van der Waals surface area contributed by atoms with Gasteiger partial charge in [-0.1, -0.05) is 127 Å². The van der Waals surface area contributed by atoms with Crippen LogP contribution in [0.5, 0.6) is 0 Å². The second-order valence-corrected chi connectivity index (χ2v) is 11.3. The van der Waals surface area contributed by atoms with Crippen molar-refractivity contribution in [2.45, 2.75) is 0 Å². The zero-order chi connectivity index (χ0) is 28.3. The normalized spacial score (nSPS) is 11.7. The minimum Gasteiger partial charge on any atom is -0.456 e. The molecule has 0 bridgehead atoms. The molecule has 0 unspecified atom stereocenters. The first-order valence-corrected chi connectivity index (χ1v) is 14.8. The van der Waals surface area contributed by atoms with Gasteiger partial charge in [0.15, 0.2) is 0 Å². The SMILES string of the molecule is c1ccc(-c2c3ccccc3c(-c3cccc(-c4ccc5cc6oc7ccccc7c6cc5c4)c3)c3ccccc23)cc1. The lowest BCUT2D eigenvalue weighted by atomic mass is 9.85. The molecule has 0 atom stereocenters. The summed E-state index contributed by atoms with van der Waals surface area (Å²) in [5.74, 6) is 0. The van der Waals surface area contributed by atoms with Crippen LogP contribution in [0.25, 0.3) is 87.6 Å². The highest BCUT2D eigenvalue weighted by atomic mass is 16.3. The Balaban J connectivity index is 1.25. The third-order valence-corrected chi connectivity index (χ3v) is 8.81. The van der Waals surface area contributed by atoms with Gasteiger partial charge in [0.1, 0.15) is 11.2 Å². The van der Waals surface area contributed by atoms with E-state index >= 15 is 0 Å². The summed E-state index contributed by atoms with van der Waals surface area (Å²) in [6.45, 7) is 0. The molecule has 0 spiro atoms. The molecule has 200 valence electrons. The van der Waals surface area contributed by atoms with E-state index < -0.39 is 0 Å². The summed E-state index contributed by atoms with van der Waals surface area (Å²) in [6, 6.07) is 56.9. The first-order chi connectivity index (χ1) is 21.3. The van der Waals surface area contributed by atoms with Crippen LogP contribution in [-0.2, 0) is 0 Å². The quantitative estimate of drug-likeness (QED) is 0.201. The summed E-state index contributed by atoms with van der Waals surface area (Å²) >= 11 is 0. The first kappa shape index (κ1) is 24.0. The number of hydrogen-bond acceptors (Lipinski definition) is 1. The molecule has 0 fully saturated rings. The van der Waals surface area contributed by atoms with Gasteiger partial charge in [0.05, 0.1) is 0 Å². The van der Waals surface area contributed by atoms with Gasteiger partial charge in [0.2, 0.25) is 0 Å². The van der Waals surface area contributed by atoms with E-state index in [9.17, 15) is 0 Å². The molecule has 0 amide bonds. The Morgan fingerprint density at radius 2 is 0.837 bits per heavy atom. The van der Waals surface area contributed by atoms with E-state index in [1.165, 1.54) is 65.7 Å². The Bertz CT molecular complexity index is 2440. The fraction of sp³-hybridized carbons (Fsp3) is 0. The van der Waals surface area contributed by atoms with Crippen LogP contribution in [0.4, 0.5) is 0 Å². The van der Waals surface area contributed by atoms with Crippen molar-refractivity contribution in [3.63, 3.8) is 0 Å². The maximum absolute atomic E-state index is 6.15. The lowest BCUT2D eigenvalue weighted by Crippen LogP contribution is -1.91. The summed E-state index contributed by atoms with van der Waals surface area (Å²) < 4.78 is 6.15. The molecule has 8 aromatic carbocycles. The minimum atomic E-state index is 0.929. The van der Waals surface area contributed by atoms with Crippen LogP contribution in [0, 0.1) is 0 Å². The molecule has 0 aliphatic heterocycles. The Hall–Kier alpha value is -5.66.